The first kappa shape index (κ1) is 21.1. The quantitative estimate of drug-likeness (QED) is 0.487. The molecule has 142 valence electrons. The average Bonchev–Trinajstić information content (AvgIpc) is 3.06. The van der Waals surface area contributed by atoms with Crippen LogP contribution in [0.5, 0.6) is 5.75 Å². The summed E-state index contributed by atoms with van der Waals surface area (Å²) in [4.78, 5) is 12.0. The molecule has 0 aliphatic carbocycles. The van der Waals surface area contributed by atoms with Crippen LogP contribution in [0.3, 0.4) is 0 Å². The number of benzene rings is 1. The van der Waals surface area contributed by atoms with Gasteiger partial charge in [-0.3, -0.25) is 4.79 Å². The van der Waals surface area contributed by atoms with Gasteiger partial charge in [0, 0.05) is 17.9 Å². The topological polar surface area (TPSA) is 64.1 Å². The Hall–Kier alpha value is -1.18. The van der Waals surface area contributed by atoms with E-state index in [-0.39, 0.29) is 5.91 Å². The minimum atomic E-state index is -0.0747. The molecule has 0 aliphatic rings. The zero-order valence-electron chi connectivity index (χ0n) is 15.2. The van der Waals surface area contributed by atoms with Crippen molar-refractivity contribution >= 4 is 49.9 Å². The number of aromatic nitrogens is 2. The molecule has 0 bridgehead atoms. The highest BCUT2D eigenvalue weighted by Gasteiger charge is 2.12. The van der Waals surface area contributed by atoms with Gasteiger partial charge in [-0.2, -0.15) is 0 Å². The van der Waals surface area contributed by atoms with E-state index in [0.29, 0.717) is 24.6 Å². The molecular formula is C18H23BrClN3O2S. The van der Waals surface area contributed by atoms with E-state index in [1.54, 1.807) is 0 Å². The van der Waals surface area contributed by atoms with Crippen molar-refractivity contribution in [2.45, 2.75) is 52.9 Å². The predicted octanol–water partition coefficient (Wildman–Crippen LogP) is 5.71. The van der Waals surface area contributed by atoms with E-state index in [1.165, 1.54) is 11.3 Å². The van der Waals surface area contributed by atoms with Gasteiger partial charge in [0.1, 0.15) is 10.8 Å². The summed E-state index contributed by atoms with van der Waals surface area (Å²) in [6.07, 6.45) is 4.09. The number of hydrogen-bond donors (Lipinski definition) is 1. The van der Waals surface area contributed by atoms with E-state index in [0.717, 1.165) is 50.6 Å². The number of halogens is 2. The molecule has 0 radical (unpaired) electrons. The Labute approximate surface area is 171 Å². The number of ether oxygens (including phenoxy) is 1. The van der Waals surface area contributed by atoms with Crippen molar-refractivity contribution in [1.29, 1.82) is 0 Å². The van der Waals surface area contributed by atoms with Gasteiger partial charge in [-0.1, -0.05) is 36.3 Å². The Balaban J connectivity index is 1.76. The van der Waals surface area contributed by atoms with Crippen molar-refractivity contribution in [2.75, 3.05) is 11.9 Å². The van der Waals surface area contributed by atoms with E-state index in [4.69, 9.17) is 16.3 Å². The van der Waals surface area contributed by atoms with E-state index >= 15 is 0 Å². The number of aryl methyl sites for hydroxylation is 2. The molecule has 0 spiro atoms. The number of carbonyl (C=O) groups excluding carboxylic acids is 1. The first-order valence-corrected chi connectivity index (χ1v) is 10.6. The summed E-state index contributed by atoms with van der Waals surface area (Å²) in [7, 11) is 0. The summed E-state index contributed by atoms with van der Waals surface area (Å²) in [6.45, 7) is 6.47. The van der Waals surface area contributed by atoms with Crippen molar-refractivity contribution in [3.8, 4) is 5.75 Å². The van der Waals surface area contributed by atoms with Crippen LogP contribution in [0.4, 0.5) is 5.13 Å². The van der Waals surface area contributed by atoms with Crippen molar-refractivity contribution in [3.63, 3.8) is 0 Å². The molecule has 0 unspecified atom stereocenters. The van der Waals surface area contributed by atoms with Gasteiger partial charge in [0.2, 0.25) is 11.0 Å². The highest BCUT2D eigenvalue weighted by Crippen LogP contribution is 2.35. The number of nitrogens with zero attached hydrogens (tertiary/aromatic N) is 2. The van der Waals surface area contributed by atoms with Crippen molar-refractivity contribution < 1.29 is 9.53 Å². The molecule has 0 atom stereocenters. The molecule has 26 heavy (non-hydrogen) atoms. The summed E-state index contributed by atoms with van der Waals surface area (Å²) in [5.74, 6) is 0.670. The fourth-order valence-electron chi connectivity index (χ4n) is 2.34. The fourth-order valence-corrected chi connectivity index (χ4v) is 3.82. The lowest BCUT2D eigenvalue weighted by Crippen LogP contribution is -2.12. The van der Waals surface area contributed by atoms with Crippen LogP contribution in [0.25, 0.3) is 0 Å². The summed E-state index contributed by atoms with van der Waals surface area (Å²) >= 11 is 11.2. The van der Waals surface area contributed by atoms with Crippen LogP contribution in [0.15, 0.2) is 10.5 Å². The summed E-state index contributed by atoms with van der Waals surface area (Å²) in [5.41, 5.74) is 1.92. The molecule has 2 rings (SSSR count). The zero-order valence-corrected chi connectivity index (χ0v) is 18.4. The second-order valence-electron chi connectivity index (χ2n) is 6.05. The lowest BCUT2D eigenvalue weighted by atomic mass is 10.1. The first-order chi connectivity index (χ1) is 12.4. The molecule has 1 aromatic heterocycles. The smallest absolute Gasteiger partial charge is 0.226 e. The molecule has 0 saturated carbocycles. The van der Waals surface area contributed by atoms with E-state index in [1.807, 2.05) is 19.9 Å². The molecule has 5 nitrogen and oxygen atoms in total. The molecule has 1 aromatic carbocycles. The van der Waals surface area contributed by atoms with Crippen molar-refractivity contribution in [2.24, 2.45) is 0 Å². The third kappa shape index (κ3) is 5.93. The minimum Gasteiger partial charge on any atom is -0.492 e. The number of anilines is 1. The van der Waals surface area contributed by atoms with E-state index in [9.17, 15) is 4.79 Å². The van der Waals surface area contributed by atoms with Crippen LogP contribution >= 0.6 is 38.9 Å². The number of hydrogen-bond acceptors (Lipinski definition) is 5. The number of amides is 1. The van der Waals surface area contributed by atoms with Crippen LogP contribution in [0, 0.1) is 13.8 Å². The Morgan fingerprint density at radius 1 is 1.35 bits per heavy atom. The summed E-state index contributed by atoms with van der Waals surface area (Å²) in [5, 5.41) is 13.2. The zero-order chi connectivity index (χ0) is 19.1. The highest BCUT2D eigenvalue weighted by molar-refractivity contribution is 9.10. The van der Waals surface area contributed by atoms with Gasteiger partial charge in [-0.15, -0.1) is 10.2 Å². The van der Waals surface area contributed by atoms with Gasteiger partial charge >= 0.3 is 0 Å². The van der Waals surface area contributed by atoms with E-state index < -0.39 is 0 Å². The van der Waals surface area contributed by atoms with Gasteiger partial charge in [0.05, 0.1) is 11.1 Å². The second kappa shape index (κ2) is 10.2. The molecule has 2 aromatic rings. The molecule has 8 heteroatoms. The minimum absolute atomic E-state index is 0.0747. The summed E-state index contributed by atoms with van der Waals surface area (Å²) in [6, 6.07) is 1.90. The molecule has 1 heterocycles. The Morgan fingerprint density at radius 2 is 2.12 bits per heavy atom. The maximum Gasteiger partial charge on any atom is 0.226 e. The number of unbranched alkanes of at least 4 members (excludes halogenated alkanes) is 1. The van der Waals surface area contributed by atoms with Gasteiger partial charge in [-0.25, -0.2) is 0 Å². The molecule has 1 amide bonds. The van der Waals surface area contributed by atoms with Crippen molar-refractivity contribution in [3.05, 3.63) is 31.7 Å². The Kier molecular flexibility index (Phi) is 8.31. The third-order valence-electron chi connectivity index (χ3n) is 3.83. The van der Waals surface area contributed by atoms with E-state index in [2.05, 4.69) is 38.4 Å². The Morgan fingerprint density at radius 3 is 2.85 bits per heavy atom. The monoisotopic (exact) mass is 459 g/mol. The molecule has 0 aliphatic heterocycles. The number of carbonyl (C=O) groups is 1. The maximum atomic E-state index is 12.0. The van der Waals surface area contributed by atoms with Gasteiger partial charge < -0.3 is 10.1 Å². The predicted molar refractivity (Wildman–Crippen MR) is 111 cm³/mol. The van der Waals surface area contributed by atoms with Gasteiger partial charge in [-0.05, 0) is 59.8 Å². The SMILES string of the molecule is CCCCc1nnc(NC(=O)CCCOc2cc(C)c(Cl)c(C)c2Br)s1. The third-order valence-corrected chi connectivity index (χ3v) is 6.30. The van der Waals surface area contributed by atoms with Gasteiger partial charge in [0.15, 0.2) is 0 Å². The average molecular weight is 461 g/mol. The molecule has 1 N–H and O–H groups in total. The number of nitrogens with one attached hydrogen (secondary N) is 1. The molecular weight excluding hydrogens is 438 g/mol. The van der Waals surface area contributed by atoms with Crippen LogP contribution in [-0.2, 0) is 11.2 Å². The fraction of sp³-hybridized carbons (Fsp3) is 0.500. The van der Waals surface area contributed by atoms with Crippen LogP contribution in [0.2, 0.25) is 5.02 Å². The normalized spacial score (nSPS) is 10.8. The van der Waals surface area contributed by atoms with Gasteiger partial charge in [0.25, 0.3) is 0 Å². The van der Waals surface area contributed by atoms with Crippen molar-refractivity contribution in [1.82, 2.24) is 10.2 Å². The van der Waals surface area contributed by atoms with Crippen LogP contribution in [-0.4, -0.2) is 22.7 Å². The van der Waals surface area contributed by atoms with Crippen LogP contribution < -0.4 is 10.1 Å². The maximum absolute atomic E-state index is 12.0. The first-order valence-electron chi connectivity index (χ1n) is 8.62. The standard InChI is InChI=1S/C18H23BrClN3O2S/c1-4-5-8-15-22-23-18(26-15)21-14(24)7-6-9-25-13-10-11(2)17(20)12(3)16(13)19/h10H,4-9H2,1-3H3,(H,21,23,24). The number of rotatable bonds is 9. The summed E-state index contributed by atoms with van der Waals surface area (Å²) < 4.78 is 6.64. The lowest BCUT2D eigenvalue weighted by Gasteiger charge is -2.13. The Bertz CT molecular complexity index is 767. The largest absolute Gasteiger partial charge is 0.492 e. The highest BCUT2D eigenvalue weighted by atomic mass is 79.9. The second-order valence-corrected chi connectivity index (χ2v) is 8.28. The lowest BCUT2D eigenvalue weighted by molar-refractivity contribution is -0.116. The molecule has 0 saturated heterocycles. The molecule has 0 fully saturated rings. The van der Waals surface area contributed by atoms with Crippen LogP contribution in [0.1, 0.15) is 48.7 Å².